The summed E-state index contributed by atoms with van der Waals surface area (Å²) in [7, 11) is 0. The van der Waals surface area contributed by atoms with E-state index in [0.29, 0.717) is 19.6 Å². The maximum atomic E-state index is 10.9. The molecule has 0 saturated carbocycles. The third-order valence-corrected chi connectivity index (χ3v) is 2.23. The summed E-state index contributed by atoms with van der Waals surface area (Å²) >= 11 is 5.26. The van der Waals surface area contributed by atoms with Crippen molar-refractivity contribution in [1.29, 1.82) is 0 Å². The molecule has 0 radical (unpaired) electrons. The van der Waals surface area contributed by atoms with Crippen LogP contribution in [0.2, 0.25) is 0 Å². The lowest BCUT2D eigenvalue weighted by Gasteiger charge is -2.08. The van der Waals surface area contributed by atoms with E-state index in [1.807, 2.05) is 0 Å². The molecule has 0 spiro atoms. The van der Waals surface area contributed by atoms with Crippen molar-refractivity contribution in [2.24, 2.45) is 0 Å². The smallest absolute Gasteiger partial charge is 0.305 e. The maximum Gasteiger partial charge on any atom is 0.305 e. The van der Waals surface area contributed by atoms with Gasteiger partial charge in [-0.3, -0.25) is 9.59 Å². The van der Waals surface area contributed by atoms with Gasteiger partial charge in [0.2, 0.25) is 5.24 Å². The summed E-state index contributed by atoms with van der Waals surface area (Å²) in [6.45, 7) is 4.60. The van der Waals surface area contributed by atoms with Crippen LogP contribution in [0.3, 0.4) is 0 Å². The lowest BCUT2D eigenvalue weighted by molar-refractivity contribution is -0.143. The standard InChI is InChI=1S/C10H18ClNO3.ClH/c1-3-15-9(13)6-4-5-7-12-8(2)10(11)14;/h8,12H,3-7H2,1-2H3;1H/t8-;/m0./s1. The van der Waals surface area contributed by atoms with E-state index >= 15 is 0 Å². The number of carbonyl (C=O) groups excluding carboxylic acids is 2. The number of ether oxygens (including phenoxy) is 1. The number of hydrogen-bond acceptors (Lipinski definition) is 4. The van der Waals surface area contributed by atoms with Crippen LogP contribution in [0.4, 0.5) is 0 Å². The molecule has 0 aliphatic rings. The van der Waals surface area contributed by atoms with Gasteiger partial charge in [-0.15, -0.1) is 12.4 Å². The third-order valence-electron chi connectivity index (χ3n) is 1.90. The minimum Gasteiger partial charge on any atom is -0.466 e. The number of unbranched alkanes of at least 4 members (excludes halogenated alkanes) is 1. The Bertz CT molecular complexity index is 212. The highest BCUT2D eigenvalue weighted by Gasteiger charge is 2.07. The van der Waals surface area contributed by atoms with Crippen molar-refractivity contribution in [1.82, 2.24) is 5.32 Å². The average molecular weight is 272 g/mol. The van der Waals surface area contributed by atoms with E-state index in [0.717, 1.165) is 12.8 Å². The van der Waals surface area contributed by atoms with E-state index in [1.54, 1.807) is 13.8 Å². The summed E-state index contributed by atoms with van der Waals surface area (Å²) in [6.07, 6.45) is 2.01. The fourth-order valence-corrected chi connectivity index (χ4v) is 1.10. The third kappa shape index (κ3) is 10.2. The van der Waals surface area contributed by atoms with Gasteiger partial charge in [0.05, 0.1) is 12.6 Å². The summed E-state index contributed by atoms with van der Waals surface area (Å²) in [5.74, 6) is -0.168. The van der Waals surface area contributed by atoms with Gasteiger partial charge in [-0.25, -0.2) is 0 Å². The molecule has 0 aliphatic carbocycles. The largest absolute Gasteiger partial charge is 0.466 e. The zero-order chi connectivity index (χ0) is 11.7. The summed E-state index contributed by atoms with van der Waals surface area (Å²) in [5.41, 5.74) is 0. The highest BCUT2D eigenvalue weighted by Crippen LogP contribution is 1.98. The van der Waals surface area contributed by atoms with Gasteiger partial charge in [0.1, 0.15) is 0 Å². The number of halogens is 2. The van der Waals surface area contributed by atoms with Gasteiger partial charge in [0.25, 0.3) is 0 Å². The summed E-state index contributed by atoms with van der Waals surface area (Å²) in [5, 5.41) is 2.57. The average Bonchev–Trinajstić information content (AvgIpc) is 2.17. The Morgan fingerprint density at radius 1 is 1.38 bits per heavy atom. The number of carbonyl (C=O) groups is 2. The molecule has 0 aliphatic heterocycles. The minimum absolute atomic E-state index is 0. The Morgan fingerprint density at radius 2 is 2.00 bits per heavy atom. The van der Waals surface area contributed by atoms with Gasteiger partial charge in [-0.2, -0.15) is 0 Å². The molecule has 1 N–H and O–H groups in total. The lowest BCUT2D eigenvalue weighted by Crippen LogP contribution is -2.31. The van der Waals surface area contributed by atoms with Crippen LogP contribution in [0.25, 0.3) is 0 Å². The number of rotatable bonds is 8. The first-order valence-electron chi connectivity index (χ1n) is 5.16. The molecule has 16 heavy (non-hydrogen) atoms. The van der Waals surface area contributed by atoms with Crippen LogP contribution in [0, 0.1) is 0 Å². The van der Waals surface area contributed by atoms with Crippen LogP contribution < -0.4 is 5.32 Å². The molecule has 6 heteroatoms. The molecule has 4 nitrogen and oxygen atoms in total. The lowest BCUT2D eigenvalue weighted by atomic mass is 10.2. The van der Waals surface area contributed by atoms with Crippen LogP contribution in [-0.2, 0) is 14.3 Å². The molecule has 1 atom stereocenters. The predicted molar refractivity (Wildman–Crippen MR) is 66.1 cm³/mol. The number of nitrogens with one attached hydrogen (secondary N) is 1. The highest BCUT2D eigenvalue weighted by molar-refractivity contribution is 6.64. The summed E-state index contributed by atoms with van der Waals surface area (Å²) in [6, 6.07) is -0.325. The molecular weight excluding hydrogens is 253 g/mol. The van der Waals surface area contributed by atoms with Crippen molar-refractivity contribution in [2.75, 3.05) is 13.2 Å². The van der Waals surface area contributed by atoms with Crippen molar-refractivity contribution in [3.05, 3.63) is 0 Å². The van der Waals surface area contributed by atoms with Gasteiger partial charge < -0.3 is 10.1 Å². The van der Waals surface area contributed by atoms with Gasteiger partial charge in [-0.05, 0) is 44.8 Å². The van der Waals surface area contributed by atoms with Gasteiger partial charge in [0, 0.05) is 6.42 Å². The molecule has 0 bridgehead atoms. The second-order valence-corrected chi connectivity index (χ2v) is 3.61. The Hall–Kier alpha value is -0.320. The van der Waals surface area contributed by atoms with Gasteiger partial charge in [-0.1, -0.05) is 0 Å². The molecule has 0 rings (SSSR count). The van der Waals surface area contributed by atoms with E-state index in [4.69, 9.17) is 16.3 Å². The molecule has 0 heterocycles. The second kappa shape index (κ2) is 11.2. The van der Waals surface area contributed by atoms with Crippen LogP contribution >= 0.6 is 24.0 Å². The first-order chi connectivity index (χ1) is 7.07. The Labute approximate surface area is 107 Å². The van der Waals surface area contributed by atoms with Crippen molar-refractivity contribution in [3.63, 3.8) is 0 Å². The van der Waals surface area contributed by atoms with Crippen molar-refractivity contribution >= 4 is 35.2 Å². The van der Waals surface area contributed by atoms with E-state index in [1.165, 1.54) is 0 Å². The highest BCUT2D eigenvalue weighted by atomic mass is 35.5. The van der Waals surface area contributed by atoms with Crippen LogP contribution in [-0.4, -0.2) is 30.4 Å². The first kappa shape index (κ1) is 18.1. The van der Waals surface area contributed by atoms with E-state index in [2.05, 4.69) is 5.32 Å². The molecule has 0 aromatic carbocycles. The molecule has 0 aromatic heterocycles. The van der Waals surface area contributed by atoms with E-state index in [-0.39, 0.29) is 29.7 Å². The second-order valence-electron chi connectivity index (χ2n) is 3.24. The quantitative estimate of drug-likeness (QED) is 0.416. The molecule has 0 saturated heterocycles. The van der Waals surface area contributed by atoms with Gasteiger partial charge >= 0.3 is 5.97 Å². The monoisotopic (exact) mass is 271 g/mol. The van der Waals surface area contributed by atoms with E-state index in [9.17, 15) is 9.59 Å². The fourth-order valence-electron chi connectivity index (χ4n) is 1.03. The van der Waals surface area contributed by atoms with Crippen LogP contribution in [0.5, 0.6) is 0 Å². The van der Waals surface area contributed by atoms with Crippen molar-refractivity contribution in [2.45, 2.75) is 39.2 Å². The first-order valence-corrected chi connectivity index (χ1v) is 5.54. The minimum atomic E-state index is -0.389. The zero-order valence-electron chi connectivity index (χ0n) is 9.62. The SMILES string of the molecule is CCOC(=O)CCCCN[C@@H](C)C(=O)Cl.Cl. The zero-order valence-corrected chi connectivity index (χ0v) is 11.2. The summed E-state index contributed by atoms with van der Waals surface area (Å²) in [4.78, 5) is 21.6. The molecule has 0 unspecified atom stereocenters. The number of hydrogen-bond donors (Lipinski definition) is 1. The molecule has 0 amide bonds. The topological polar surface area (TPSA) is 55.4 Å². The normalized spacial score (nSPS) is 11.4. The van der Waals surface area contributed by atoms with Crippen LogP contribution in [0.1, 0.15) is 33.1 Å². The summed E-state index contributed by atoms with van der Waals surface area (Å²) < 4.78 is 4.77. The predicted octanol–water partition coefficient (Wildman–Crippen LogP) is 1.89. The van der Waals surface area contributed by atoms with Crippen molar-refractivity contribution in [3.8, 4) is 0 Å². The molecular formula is C10H19Cl2NO3. The Kier molecular flexibility index (Phi) is 12.6. The fraction of sp³-hybridized carbons (Fsp3) is 0.800. The van der Waals surface area contributed by atoms with Crippen molar-refractivity contribution < 1.29 is 14.3 Å². The van der Waals surface area contributed by atoms with E-state index < -0.39 is 0 Å². The maximum absolute atomic E-state index is 10.9. The Balaban J connectivity index is 0. The number of esters is 1. The molecule has 0 aromatic rings. The van der Waals surface area contributed by atoms with Gasteiger partial charge in [0.15, 0.2) is 0 Å². The van der Waals surface area contributed by atoms with Crippen LogP contribution in [0.15, 0.2) is 0 Å². The molecule has 96 valence electrons. The molecule has 0 fully saturated rings. The Morgan fingerprint density at radius 3 is 2.50 bits per heavy atom.